The van der Waals surface area contributed by atoms with Crippen LogP contribution in [0.2, 0.25) is 0 Å². The number of hydrogen-bond donors (Lipinski definition) is 0. The van der Waals surface area contributed by atoms with E-state index in [4.69, 9.17) is 14.2 Å². The number of carbonyl (C=O) groups excluding carboxylic acids is 2. The number of nitrogens with zero attached hydrogens (tertiary/aromatic N) is 2. The van der Waals surface area contributed by atoms with Crippen LogP contribution in [0.5, 0.6) is 5.88 Å². The highest BCUT2D eigenvalue weighted by atomic mass is 32.1. The number of aromatic nitrogens is 2. The Bertz CT molecular complexity index is 1000. The van der Waals surface area contributed by atoms with E-state index in [0.29, 0.717) is 31.2 Å². The summed E-state index contributed by atoms with van der Waals surface area (Å²) in [5.74, 6) is 0.821. The van der Waals surface area contributed by atoms with Crippen molar-refractivity contribution >= 4 is 33.5 Å². The summed E-state index contributed by atoms with van der Waals surface area (Å²) in [5.41, 5.74) is 0.735. The molecule has 33 heavy (non-hydrogen) atoms. The van der Waals surface area contributed by atoms with Crippen LogP contribution in [0.4, 0.5) is 0 Å². The molecule has 2 heterocycles. The second-order valence-electron chi connectivity index (χ2n) is 10.1. The van der Waals surface area contributed by atoms with E-state index in [9.17, 15) is 9.59 Å². The van der Waals surface area contributed by atoms with Gasteiger partial charge in [-0.1, -0.05) is 0 Å². The smallest absolute Gasteiger partial charge is 0.306 e. The molecule has 1 saturated carbocycles. The Kier molecular flexibility index (Phi) is 7.22. The number of ether oxygens (including phenoxy) is 3. The molecule has 8 heteroatoms. The lowest BCUT2D eigenvalue weighted by Gasteiger charge is -2.29. The first-order valence-corrected chi connectivity index (χ1v) is 12.9. The molecular formula is C25H34N2O5S. The third-order valence-corrected chi connectivity index (χ3v) is 7.53. The molecule has 2 aliphatic carbocycles. The average molecular weight is 475 g/mol. The average Bonchev–Trinajstić information content (AvgIpc) is 3.28. The molecule has 4 rings (SSSR count). The number of rotatable bonds is 7. The van der Waals surface area contributed by atoms with Gasteiger partial charge in [0.25, 0.3) is 0 Å². The summed E-state index contributed by atoms with van der Waals surface area (Å²) >= 11 is 1.68. The first-order valence-electron chi connectivity index (χ1n) is 12.0. The van der Waals surface area contributed by atoms with Crippen molar-refractivity contribution in [2.24, 2.45) is 5.92 Å². The maximum absolute atomic E-state index is 12.2. The fourth-order valence-electron chi connectivity index (χ4n) is 4.99. The lowest BCUT2D eigenvalue weighted by Crippen LogP contribution is -2.28. The monoisotopic (exact) mass is 474 g/mol. The van der Waals surface area contributed by atoms with Crippen molar-refractivity contribution < 1.29 is 23.8 Å². The summed E-state index contributed by atoms with van der Waals surface area (Å²) in [6, 6.07) is 0. The summed E-state index contributed by atoms with van der Waals surface area (Å²) < 4.78 is 17.1. The maximum Gasteiger partial charge on any atom is 0.306 e. The van der Waals surface area contributed by atoms with Gasteiger partial charge in [0.1, 0.15) is 22.9 Å². The van der Waals surface area contributed by atoms with Gasteiger partial charge in [-0.25, -0.2) is 9.97 Å². The molecular weight excluding hydrogens is 440 g/mol. The Balaban J connectivity index is 1.42. The SMILES string of the molecule is CCOC(=O)C[C@@H]1CCc2sc3ncnc(OC4CCC(CC(=O)OC(C)(C)C)CC4)c3c21. The van der Waals surface area contributed by atoms with Crippen LogP contribution in [0.15, 0.2) is 6.33 Å². The van der Waals surface area contributed by atoms with Crippen LogP contribution in [0.3, 0.4) is 0 Å². The molecule has 0 aliphatic heterocycles. The van der Waals surface area contributed by atoms with Gasteiger partial charge in [0.2, 0.25) is 5.88 Å². The number of esters is 2. The number of carbonyl (C=O) groups is 2. The second-order valence-corrected chi connectivity index (χ2v) is 11.2. The van der Waals surface area contributed by atoms with Crippen LogP contribution >= 0.6 is 11.3 Å². The van der Waals surface area contributed by atoms with Crippen LogP contribution in [0.25, 0.3) is 10.2 Å². The molecule has 1 fully saturated rings. The minimum absolute atomic E-state index is 0.0680. The zero-order valence-corrected chi connectivity index (χ0v) is 20.8. The molecule has 0 aromatic carbocycles. The third kappa shape index (κ3) is 5.83. The predicted octanol–water partition coefficient (Wildman–Crippen LogP) is 5.34. The molecule has 1 atom stereocenters. The van der Waals surface area contributed by atoms with E-state index in [1.807, 2.05) is 27.7 Å². The van der Waals surface area contributed by atoms with Gasteiger partial charge >= 0.3 is 11.9 Å². The Morgan fingerprint density at radius 1 is 1.06 bits per heavy atom. The molecule has 0 saturated heterocycles. The van der Waals surface area contributed by atoms with Gasteiger partial charge in [-0.3, -0.25) is 9.59 Å². The first kappa shape index (κ1) is 23.9. The molecule has 0 radical (unpaired) electrons. The Morgan fingerprint density at radius 3 is 2.52 bits per heavy atom. The van der Waals surface area contributed by atoms with Crippen molar-refractivity contribution in [3.05, 3.63) is 16.8 Å². The maximum atomic E-state index is 12.2. The van der Waals surface area contributed by atoms with Crippen molar-refractivity contribution in [1.29, 1.82) is 0 Å². The van der Waals surface area contributed by atoms with Gasteiger partial charge in [-0.15, -0.1) is 11.3 Å². The van der Waals surface area contributed by atoms with Crippen LogP contribution in [-0.4, -0.2) is 40.2 Å². The molecule has 0 N–H and O–H groups in total. The molecule has 0 unspecified atom stereocenters. The highest BCUT2D eigenvalue weighted by molar-refractivity contribution is 7.19. The van der Waals surface area contributed by atoms with Crippen LogP contribution in [-0.2, 0) is 25.5 Å². The number of thiophene rings is 1. The van der Waals surface area contributed by atoms with E-state index in [0.717, 1.165) is 48.7 Å². The molecule has 180 valence electrons. The summed E-state index contributed by atoms with van der Waals surface area (Å²) in [6.07, 6.45) is 8.03. The quantitative estimate of drug-likeness (QED) is 0.500. The van der Waals surface area contributed by atoms with Gasteiger partial charge < -0.3 is 14.2 Å². The molecule has 2 aromatic heterocycles. The minimum Gasteiger partial charge on any atom is -0.474 e. The van der Waals surface area contributed by atoms with Gasteiger partial charge in [0, 0.05) is 11.3 Å². The van der Waals surface area contributed by atoms with Crippen molar-refractivity contribution in [2.45, 2.75) is 96.7 Å². The highest BCUT2D eigenvalue weighted by Gasteiger charge is 2.33. The lowest BCUT2D eigenvalue weighted by atomic mass is 9.85. The topological polar surface area (TPSA) is 87.6 Å². The van der Waals surface area contributed by atoms with Crippen molar-refractivity contribution in [2.75, 3.05) is 6.61 Å². The second kappa shape index (κ2) is 9.95. The zero-order valence-electron chi connectivity index (χ0n) is 20.0. The summed E-state index contributed by atoms with van der Waals surface area (Å²) in [7, 11) is 0. The Labute approximate surface area is 199 Å². The number of aryl methyl sites for hydroxylation is 1. The first-order chi connectivity index (χ1) is 15.7. The van der Waals surface area contributed by atoms with Gasteiger partial charge in [0.15, 0.2) is 0 Å². The minimum atomic E-state index is -0.443. The van der Waals surface area contributed by atoms with E-state index in [1.54, 1.807) is 17.7 Å². The van der Waals surface area contributed by atoms with Gasteiger partial charge in [0.05, 0.1) is 18.4 Å². The van der Waals surface area contributed by atoms with E-state index < -0.39 is 5.60 Å². The van der Waals surface area contributed by atoms with Gasteiger partial charge in [-0.2, -0.15) is 0 Å². The third-order valence-electron chi connectivity index (χ3n) is 6.36. The van der Waals surface area contributed by atoms with Crippen LogP contribution in [0.1, 0.15) is 89.0 Å². The van der Waals surface area contributed by atoms with Crippen molar-refractivity contribution in [3.63, 3.8) is 0 Å². The summed E-state index contributed by atoms with van der Waals surface area (Å²) in [4.78, 5) is 35.5. The molecule has 2 aromatic rings. The summed E-state index contributed by atoms with van der Waals surface area (Å²) in [5, 5.41) is 0.972. The van der Waals surface area contributed by atoms with Crippen molar-refractivity contribution in [1.82, 2.24) is 9.97 Å². The van der Waals surface area contributed by atoms with E-state index in [-0.39, 0.29) is 24.0 Å². The predicted molar refractivity (Wildman–Crippen MR) is 127 cm³/mol. The molecule has 0 spiro atoms. The van der Waals surface area contributed by atoms with E-state index in [2.05, 4.69) is 9.97 Å². The summed E-state index contributed by atoms with van der Waals surface area (Å²) in [6.45, 7) is 7.93. The lowest BCUT2D eigenvalue weighted by molar-refractivity contribution is -0.156. The molecule has 0 bridgehead atoms. The van der Waals surface area contributed by atoms with Gasteiger partial charge in [-0.05, 0) is 83.6 Å². The molecule has 0 amide bonds. The van der Waals surface area contributed by atoms with Crippen LogP contribution < -0.4 is 4.74 Å². The highest BCUT2D eigenvalue weighted by Crippen LogP contribution is 2.47. The largest absolute Gasteiger partial charge is 0.474 e. The molecule has 7 nitrogen and oxygen atoms in total. The number of hydrogen-bond acceptors (Lipinski definition) is 8. The standard InChI is InChI=1S/C25H34N2O5S/c1-5-30-19(28)13-16-8-11-18-21(16)22-23(26-14-27-24(22)33-18)31-17-9-6-15(7-10-17)12-20(29)32-25(2,3)4/h14-17H,5-13H2,1-4H3/t15?,16-,17?/m0/s1. The Hall–Kier alpha value is -2.22. The van der Waals surface area contributed by atoms with E-state index >= 15 is 0 Å². The fraction of sp³-hybridized carbons (Fsp3) is 0.680. The number of fused-ring (bicyclic) bond motifs is 3. The van der Waals surface area contributed by atoms with Crippen molar-refractivity contribution in [3.8, 4) is 5.88 Å². The molecule has 2 aliphatic rings. The zero-order chi connectivity index (χ0) is 23.6. The van der Waals surface area contributed by atoms with Crippen LogP contribution in [0, 0.1) is 5.92 Å². The fourth-order valence-corrected chi connectivity index (χ4v) is 6.22. The van der Waals surface area contributed by atoms with E-state index in [1.165, 1.54) is 10.4 Å². The Morgan fingerprint density at radius 2 is 1.82 bits per heavy atom. The normalized spacial score (nSPS) is 22.7.